The predicted octanol–water partition coefficient (Wildman–Crippen LogP) is 2.15. The van der Waals surface area contributed by atoms with Crippen molar-refractivity contribution in [3.63, 3.8) is 0 Å². The average molecular weight is 232 g/mol. The summed E-state index contributed by atoms with van der Waals surface area (Å²) in [5.41, 5.74) is 8.72. The Hall–Kier alpha value is -1.35. The Labute approximate surface area is 103 Å². The topological polar surface area (TPSA) is 46.3 Å². The Kier molecular flexibility index (Phi) is 2.96. The Morgan fingerprint density at radius 2 is 1.76 bits per heavy atom. The molecule has 0 aliphatic heterocycles. The number of aryl methyl sites for hydroxylation is 2. The van der Waals surface area contributed by atoms with Gasteiger partial charge >= 0.3 is 0 Å². The number of carbonyl (C=O) groups excluding carboxylic acids is 1. The number of likely N-dealkylation sites (N-methyl/N-ethyl adjacent to an activating group) is 1. The second-order valence-corrected chi connectivity index (χ2v) is 5.22. The van der Waals surface area contributed by atoms with E-state index in [-0.39, 0.29) is 5.91 Å². The molecule has 3 nitrogen and oxygen atoms in total. The van der Waals surface area contributed by atoms with Gasteiger partial charge in [-0.25, -0.2) is 0 Å². The second-order valence-electron chi connectivity index (χ2n) is 5.22. The molecule has 1 aliphatic carbocycles. The van der Waals surface area contributed by atoms with E-state index < -0.39 is 5.54 Å². The van der Waals surface area contributed by atoms with Gasteiger partial charge in [0, 0.05) is 12.7 Å². The average Bonchev–Trinajstić information content (AvgIpc) is 2.22. The van der Waals surface area contributed by atoms with Crippen LogP contribution in [0.3, 0.4) is 0 Å². The lowest BCUT2D eigenvalue weighted by molar-refractivity contribution is -0.126. The molecule has 2 rings (SSSR count). The smallest absolute Gasteiger partial charge is 0.246 e. The van der Waals surface area contributed by atoms with Crippen LogP contribution in [0.25, 0.3) is 0 Å². The van der Waals surface area contributed by atoms with Gasteiger partial charge in [-0.2, -0.15) is 0 Å². The summed E-state index contributed by atoms with van der Waals surface area (Å²) < 4.78 is 0. The van der Waals surface area contributed by atoms with Crippen LogP contribution in [0.4, 0.5) is 5.69 Å². The van der Waals surface area contributed by atoms with E-state index in [0.717, 1.165) is 24.9 Å². The van der Waals surface area contributed by atoms with Gasteiger partial charge in [0.1, 0.15) is 0 Å². The van der Waals surface area contributed by atoms with Gasteiger partial charge in [-0.1, -0.05) is 6.07 Å². The van der Waals surface area contributed by atoms with Crippen molar-refractivity contribution in [2.24, 2.45) is 5.73 Å². The lowest BCUT2D eigenvalue weighted by Crippen LogP contribution is -2.59. The zero-order chi connectivity index (χ0) is 12.6. The van der Waals surface area contributed by atoms with E-state index >= 15 is 0 Å². The van der Waals surface area contributed by atoms with E-state index in [9.17, 15) is 4.79 Å². The summed E-state index contributed by atoms with van der Waals surface area (Å²) in [5, 5.41) is 0. The predicted molar refractivity (Wildman–Crippen MR) is 70.1 cm³/mol. The molecule has 0 saturated heterocycles. The first-order valence-electron chi connectivity index (χ1n) is 6.08. The van der Waals surface area contributed by atoms with Crippen molar-refractivity contribution in [3.05, 3.63) is 29.3 Å². The van der Waals surface area contributed by atoms with E-state index in [1.54, 1.807) is 4.90 Å². The Balaban J connectivity index is 2.24. The van der Waals surface area contributed by atoms with Crippen molar-refractivity contribution in [2.75, 3.05) is 11.9 Å². The Morgan fingerprint density at radius 3 is 2.18 bits per heavy atom. The van der Waals surface area contributed by atoms with Gasteiger partial charge in [0.2, 0.25) is 5.91 Å². The van der Waals surface area contributed by atoms with Crippen molar-refractivity contribution in [1.29, 1.82) is 0 Å². The van der Waals surface area contributed by atoms with Crippen LogP contribution in [0, 0.1) is 13.8 Å². The van der Waals surface area contributed by atoms with Crippen LogP contribution in [0.1, 0.15) is 30.4 Å². The summed E-state index contributed by atoms with van der Waals surface area (Å²) >= 11 is 0. The van der Waals surface area contributed by atoms with Crippen LogP contribution in [-0.4, -0.2) is 18.5 Å². The van der Waals surface area contributed by atoms with E-state index in [1.165, 1.54) is 11.1 Å². The third-order valence-electron chi connectivity index (χ3n) is 3.57. The Morgan fingerprint density at radius 1 is 1.24 bits per heavy atom. The van der Waals surface area contributed by atoms with Gasteiger partial charge in [0.05, 0.1) is 5.54 Å². The molecule has 1 aliphatic rings. The van der Waals surface area contributed by atoms with Crippen LogP contribution >= 0.6 is 0 Å². The van der Waals surface area contributed by atoms with Crippen LogP contribution in [0.5, 0.6) is 0 Å². The number of nitrogens with two attached hydrogens (primary N) is 1. The molecular weight excluding hydrogens is 212 g/mol. The summed E-state index contributed by atoms with van der Waals surface area (Å²) in [5.74, 6) is 0.0359. The third-order valence-corrected chi connectivity index (χ3v) is 3.57. The van der Waals surface area contributed by atoms with E-state index in [0.29, 0.717) is 0 Å². The second kappa shape index (κ2) is 4.15. The number of nitrogens with zero attached hydrogens (tertiary/aromatic N) is 1. The highest BCUT2D eigenvalue weighted by Gasteiger charge is 2.42. The summed E-state index contributed by atoms with van der Waals surface area (Å²) in [6, 6.07) is 6.14. The van der Waals surface area contributed by atoms with Crippen molar-refractivity contribution < 1.29 is 4.79 Å². The first-order valence-corrected chi connectivity index (χ1v) is 6.08. The fourth-order valence-corrected chi connectivity index (χ4v) is 2.37. The zero-order valence-corrected chi connectivity index (χ0v) is 10.8. The number of carbonyl (C=O) groups is 1. The lowest BCUT2D eigenvalue weighted by atomic mass is 9.76. The van der Waals surface area contributed by atoms with Gasteiger partial charge in [-0.15, -0.1) is 0 Å². The van der Waals surface area contributed by atoms with Crippen LogP contribution in [0.15, 0.2) is 18.2 Å². The van der Waals surface area contributed by atoms with E-state index in [4.69, 9.17) is 5.73 Å². The molecule has 1 aromatic rings. The fourth-order valence-electron chi connectivity index (χ4n) is 2.37. The maximum absolute atomic E-state index is 12.3. The van der Waals surface area contributed by atoms with Gasteiger partial charge in [0.25, 0.3) is 0 Å². The monoisotopic (exact) mass is 232 g/mol. The molecule has 0 heterocycles. The first-order chi connectivity index (χ1) is 7.92. The van der Waals surface area contributed by atoms with Gasteiger partial charge in [0.15, 0.2) is 0 Å². The van der Waals surface area contributed by atoms with Gasteiger partial charge < -0.3 is 10.6 Å². The number of hydrogen-bond donors (Lipinski definition) is 1. The number of hydrogen-bond acceptors (Lipinski definition) is 2. The molecule has 0 unspecified atom stereocenters. The van der Waals surface area contributed by atoms with Gasteiger partial charge in [-0.3, -0.25) is 4.79 Å². The molecule has 17 heavy (non-hydrogen) atoms. The molecule has 92 valence electrons. The number of benzene rings is 1. The largest absolute Gasteiger partial charge is 0.317 e. The summed E-state index contributed by atoms with van der Waals surface area (Å²) in [6.07, 6.45) is 2.67. The molecule has 1 fully saturated rings. The molecular formula is C14H20N2O. The van der Waals surface area contributed by atoms with Crippen LogP contribution < -0.4 is 10.6 Å². The summed E-state index contributed by atoms with van der Waals surface area (Å²) in [7, 11) is 1.81. The fraction of sp³-hybridized carbons (Fsp3) is 0.500. The minimum atomic E-state index is -0.619. The first kappa shape index (κ1) is 12.1. The minimum absolute atomic E-state index is 0.0359. The molecule has 0 spiro atoms. The normalized spacial score (nSPS) is 17.4. The van der Waals surface area contributed by atoms with Crippen LogP contribution in [0.2, 0.25) is 0 Å². The Bertz CT molecular complexity index is 429. The van der Waals surface area contributed by atoms with E-state index in [1.807, 2.05) is 33.0 Å². The molecule has 1 aromatic carbocycles. The number of rotatable bonds is 2. The summed E-state index contributed by atoms with van der Waals surface area (Å²) in [6.45, 7) is 4.08. The van der Waals surface area contributed by atoms with Crippen molar-refractivity contribution in [3.8, 4) is 0 Å². The molecule has 0 bridgehead atoms. The number of amides is 1. The molecule has 2 N–H and O–H groups in total. The maximum Gasteiger partial charge on any atom is 0.246 e. The maximum atomic E-state index is 12.3. The highest BCUT2D eigenvalue weighted by molar-refractivity contribution is 6.00. The molecule has 1 saturated carbocycles. The standard InChI is InChI=1S/C14H20N2O/c1-10-7-11(2)9-12(8-10)16(3)13(17)14(15)5-4-6-14/h7-9H,4-6,15H2,1-3H3. The highest BCUT2D eigenvalue weighted by atomic mass is 16.2. The highest BCUT2D eigenvalue weighted by Crippen LogP contribution is 2.32. The molecule has 0 atom stereocenters. The van der Waals surface area contributed by atoms with Crippen molar-refractivity contribution >= 4 is 11.6 Å². The number of anilines is 1. The van der Waals surface area contributed by atoms with Gasteiger partial charge in [-0.05, 0) is 56.4 Å². The quantitative estimate of drug-likeness (QED) is 0.849. The minimum Gasteiger partial charge on any atom is -0.317 e. The molecule has 1 amide bonds. The third kappa shape index (κ3) is 2.20. The molecule has 0 aromatic heterocycles. The van der Waals surface area contributed by atoms with E-state index in [2.05, 4.69) is 6.07 Å². The zero-order valence-electron chi connectivity index (χ0n) is 10.8. The summed E-state index contributed by atoms with van der Waals surface area (Å²) in [4.78, 5) is 14.0. The van der Waals surface area contributed by atoms with Crippen molar-refractivity contribution in [2.45, 2.75) is 38.6 Å². The lowest BCUT2D eigenvalue weighted by Gasteiger charge is -2.39. The van der Waals surface area contributed by atoms with Crippen LogP contribution in [-0.2, 0) is 4.79 Å². The SMILES string of the molecule is Cc1cc(C)cc(N(C)C(=O)C2(N)CCC2)c1. The van der Waals surface area contributed by atoms with Crippen molar-refractivity contribution in [1.82, 2.24) is 0 Å². The molecule has 0 radical (unpaired) electrons. The molecule has 3 heteroatoms.